The monoisotopic (exact) mass is 286 g/mol. The lowest BCUT2D eigenvalue weighted by molar-refractivity contribution is 0.217. The molecule has 102 valence electrons. The fraction of sp³-hybridized carbons (Fsp3) is 0.133. The van der Waals surface area contributed by atoms with Gasteiger partial charge in [0.2, 0.25) is 0 Å². The molecular weight excluding hydrogens is 272 g/mol. The van der Waals surface area contributed by atoms with Gasteiger partial charge in [-0.3, -0.25) is 0 Å². The van der Waals surface area contributed by atoms with Gasteiger partial charge in [-0.05, 0) is 35.6 Å². The Morgan fingerprint density at radius 1 is 1.10 bits per heavy atom. The summed E-state index contributed by atoms with van der Waals surface area (Å²) in [6.45, 7) is 0. The van der Waals surface area contributed by atoms with Gasteiger partial charge in [0, 0.05) is 4.90 Å². The van der Waals surface area contributed by atoms with Crippen LogP contribution in [0.1, 0.15) is 17.2 Å². The van der Waals surface area contributed by atoms with Crippen LogP contribution in [0.2, 0.25) is 0 Å². The van der Waals surface area contributed by atoms with Crippen LogP contribution in [0.3, 0.4) is 0 Å². The Balaban J connectivity index is 2.07. The zero-order chi connectivity index (χ0) is 14.1. The fourth-order valence-electron chi connectivity index (χ4n) is 2.29. The van der Waals surface area contributed by atoms with Crippen molar-refractivity contribution in [1.82, 2.24) is 9.97 Å². The summed E-state index contributed by atoms with van der Waals surface area (Å²) in [6.07, 6.45) is 1.28. The van der Waals surface area contributed by atoms with Gasteiger partial charge in [-0.2, -0.15) is 0 Å². The molecule has 3 N–H and O–H groups in total. The number of hydrogen-bond donors (Lipinski definition) is 3. The van der Waals surface area contributed by atoms with Gasteiger partial charge in [0.25, 0.3) is 0 Å². The average Bonchev–Trinajstić information content (AvgIpc) is 2.85. The van der Waals surface area contributed by atoms with Crippen molar-refractivity contribution in [2.24, 2.45) is 0 Å². The van der Waals surface area contributed by atoms with E-state index in [1.807, 2.05) is 36.6 Å². The van der Waals surface area contributed by atoms with E-state index in [0.717, 1.165) is 21.5 Å². The molecule has 0 radical (unpaired) electrons. The van der Waals surface area contributed by atoms with Crippen LogP contribution in [0.4, 0.5) is 0 Å². The lowest BCUT2D eigenvalue weighted by Crippen LogP contribution is -2.01. The third-order valence-corrected chi connectivity index (χ3v) is 4.10. The topological polar surface area (TPSA) is 68.9 Å². The molecule has 4 nitrogen and oxygen atoms in total. The Kier molecular flexibility index (Phi) is 3.38. The number of aliphatic hydroxyl groups is 1. The highest BCUT2D eigenvalue weighted by Crippen LogP contribution is 2.30. The standard InChI is InChI=1S/C15H14N2O2S/c1-20-13-5-3-2-4-10(13)14(18)9-6-7-11-12(8-9)17-15(19)16-11/h2-8,14,18H,1H3,(H2,16,17,19). The number of aliphatic hydroxyl groups excluding tert-OH is 1. The first-order chi connectivity index (χ1) is 9.69. The number of H-pyrrole nitrogens is 2. The van der Waals surface area contributed by atoms with E-state index in [-0.39, 0.29) is 5.69 Å². The SMILES string of the molecule is CSc1ccccc1C(O)c1ccc2[nH]c(=O)[nH]c2c1. The second-order valence-corrected chi connectivity index (χ2v) is 5.38. The van der Waals surface area contributed by atoms with Crippen LogP contribution in [0, 0.1) is 0 Å². The molecule has 3 rings (SSSR count). The number of thioether (sulfide) groups is 1. The highest BCUT2D eigenvalue weighted by atomic mass is 32.2. The van der Waals surface area contributed by atoms with Crippen LogP contribution in [-0.4, -0.2) is 21.3 Å². The smallest absolute Gasteiger partial charge is 0.323 e. The number of nitrogens with one attached hydrogen (secondary N) is 2. The molecule has 1 unspecified atom stereocenters. The maximum atomic E-state index is 11.3. The summed E-state index contributed by atoms with van der Waals surface area (Å²) in [5.74, 6) is 0. The Bertz CT molecular complexity index is 807. The second-order valence-electron chi connectivity index (χ2n) is 4.53. The van der Waals surface area contributed by atoms with Gasteiger partial charge in [0.15, 0.2) is 0 Å². The third-order valence-electron chi connectivity index (χ3n) is 3.29. The van der Waals surface area contributed by atoms with Gasteiger partial charge in [-0.25, -0.2) is 4.79 Å². The van der Waals surface area contributed by atoms with Gasteiger partial charge in [0.1, 0.15) is 6.10 Å². The van der Waals surface area contributed by atoms with Crippen LogP contribution < -0.4 is 5.69 Å². The summed E-state index contributed by atoms with van der Waals surface area (Å²) in [6, 6.07) is 13.2. The Labute approximate surface area is 119 Å². The number of imidazole rings is 1. The van der Waals surface area contributed by atoms with Crippen molar-refractivity contribution in [3.63, 3.8) is 0 Å². The number of fused-ring (bicyclic) bond motifs is 1. The summed E-state index contributed by atoms with van der Waals surface area (Å²) in [5, 5.41) is 10.6. The summed E-state index contributed by atoms with van der Waals surface area (Å²) in [7, 11) is 0. The van der Waals surface area contributed by atoms with Gasteiger partial charge >= 0.3 is 5.69 Å². The first kappa shape index (κ1) is 13.0. The lowest BCUT2D eigenvalue weighted by Gasteiger charge is -2.14. The first-order valence-electron chi connectivity index (χ1n) is 6.22. The second kappa shape index (κ2) is 5.19. The fourth-order valence-corrected chi connectivity index (χ4v) is 2.92. The summed E-state index contributed by atoms with van der Waals surface area (Å²) in [5.41, 5.74) is 2.83. The molecule has 0 amide bonds. The molecule has 1 heterocycles. The number of aromatic amines is 2. The molecule has 0 saturated heterocycles. The molecular formula is C15H14N2O2S. The zero-order valence-corrected chi connectivity index (χ0v) is 11.7. The van der Waals surface area contributed by atoms with E-state index in [1.165, 1.54) is 0 Å². The minimum absolute atomic E-state index is 0.240. The van der Waals surface area contributed by atoms with Crippen molar-refractivity contribution in [3.05, 3.63) is 64.1 Å². The first-order valence-corrected chi connectivity index (χ1v) is 7.44. The van der Waals surface area contributed by atoms with Crippen LogP contribution in [-0.2, 0) is 0 Å². The number of benzene rings is 2. The predicted molar refractivity (Wildman–Crippen MR) is 81.2 cm³/mol. The largest absolute Gasteiger partial charge is 0.384 e. The molecule has 0 aliphatic heterocycles. The molecule has 0 bridgehead atoms. The lowest BCUT2D eigenvalue weighted by atomic mass is 10.0. The zero-order valence-electron chi connectivity index (χ0n) is 10.9. The maximum absolute atomic E-state index is 11.3. The number of hydrogen-bond acceptors (Lipinski definition) is 3. The van der Waals surface area contributed by atoms with E-state index in [1.54, 1.807) is 23.9 Å². The van der Waals surface area contributed by atoms with Gasteiger partial charge in [-0.1, -0.05) is 24.3 Å². The molecule has 2 aromatic carbocycles. The highest BCUT2D eigenvalue weighted by molar-refractivity contribution is 7.98. The normalized spacial score (nSPS) is 12.7. The molecule has 20 heavy (non-hydrogen) atoms. The van der Waals surface area contributed by atoms with Crippen molar-refractivity contribution < 1.29 is 5.11 Å². The molecule has 0 saturated carbocycles. The molecule has 5 heteroatoms. The summed E-state index contributed by atoms with van der Waals surface area (Å²) >= 11 is 1.60. The van der Waals surface area contributed by atoms with E-state index in [2.05, 4.69) is 9.97 Å². The Morgan fingerprint density at radius 2 is 1.85 bits per heavy atom. The van der Waals surface area contributed by atoms with Crippen molar-refractivity contribution >= 4 is 22.8 Å². The molecule has 0 spiro atoms. The van der Waals surface area contributed by atoms with Crippen molar-refractivity contribution in [2.45, 2.75) is 11.0 Å². The molecule has 3 aromatic rings. The Morgan fingerprint density at radius 3 is 2.65 bits per heavy atom. The van der Waals surface area contributed by atoms with E-state index in [9.17, 15) is 9.90 Å². The molecule has 0 fully saturated rings. The van der Waals surface area contributed by atoms with Crippen LogP contribution >= 0.6 is 11.8 Å². The molecule has 0 aliphatic carbocycles. The number of aromatic nitrogens is 2. The van der Waals surface area contributed by atoms with E-state index in [0.29, 0.717) is 5.52 Å². The van der Waals surface area contributed by atoms with Crippen molar-refractivity contribution in [2.75, 3.05) is 6.26 Å². The van der Waals surface area contributed by atoms with E-state index < -0.39 is 6.10 Å². The third kappa shape index (κ3) is 2.26. The molecule has 1 atom stereocenters. The maximum Gasteiger partial charge on any atom is 0.323 e. The molecule has 1 aromatic heterocycles. The predicted octanol–water partition coefficient (Wildman–Crippen LogP) is 2.66. The highest BCUT2D eigenvalue weighted by Gasteiger charge is 2.14. The average molecular weight is 286 g/mol. The van der Waals surface area contributed by atoms with Crippen LogP contribution in [0.15, 0.2) is 52.2 Å². The van der Waals surface area contributed by atoms with Crippen LogP contribution in [0.5, 0.6) is 0 Å². The van der Waals surface area contributed by atoms with Crippen molar-refractivity contribution in [1.29, 1.82) is 0 Å². The minimum atomic E-state index is -0.707. The quantitative estimate of drug-likeness (QED) is 0.648. The minimum Gasteiger partial charge on any atom is -0.384 e. The summed E-state index contributed by atoms with van der Waals surface area (Å²) in [4.78, 5) is 17.7. The van der Waals surface area contributed by atoms with Gasteiger partial charge in [-0.15, -0.1) is 11.8 Å². The van der Waals surface area contributed by atoms with E-state index >= 15 is 0 Å². The molecule has 0 aliphatic rings. The number of rotatable bonds is 3. The summed E-state index contributed by atoms with van der Waals surface area (Å²) < 4.78 is 0. The van der Waals surface area contributed by atoms with Gasteiger partial charge < -0.3 is 15.1 Å². The van der Waals surface area contributed by atoms with Crippen molar-refractivity contribution in [3.8, 4) is 0 Å². The van der Waals surface area contributed by atoms with Crippen LogP contribution in [0.25, 0.3) is 11.0 Å². The van der Waals surface area contributed by atoms with E-state index in [4.69, 9.17) is 0 Å². The van der Waals surface area contributed by atoms with Gasteiger partial charge in [0.05, 0.1) is 11.0 Å². The Hall–Kier alpha value is -1.98.